The van der Waals surface area contributed by atoms with Gasteiger partial charge in [0.25, 0.3) is 0 Å². The molecule has 0 radical (unpaired) electrons. The average Bonchev–Trinajstić information content (AvgIpc) is 2.40. The molecule has 1 aromatic rings. The number of nitrogens with two attached hydrogens (primary N) is 1. The predicted molar refractivity (Wildman–Crippen MR) is 63.6 cm³/mol. The summed E-state index contributed by atoms with van der Waals surface area (Å²) in [5, 5.41) is 10.3. The van der Waals surface area contributed by atoms with Gasteiger partial charge in [0.2, 0.25) is 0 Å². The van der Waals surface area contributed by atoms with Crippen LogP contribution in [-0.4, -0.2) is 18.3 Å². The van der Waals surface area contributed by atoms with Crippen molar-refractivity contribution in [2.75, 3.05) is 13.2 Å². The first-order valence-corrected chi connectivity index (χ1v) is 6.18. The van der Waals surface area contributed by atoms with Crippen LogP contribution in [0.1, 0.15) is 29.5 Å². The first-order chi connectivity index (χ1) is 8.33. The van der Waals surface area contributed by atoms with Crippen LogP contribution in [0, 0.1) is 0 Å². The Morgan fingerprint density at radius 3 is 2.35 bits per heavy atom. The second kappa shape index (κ2) is 4.11. The minimum absolute atomic E-state index is 0.270. The van der Waals surface area contributed by atoms with Crippen molar-refractivity contribution in [3.63, 3.8) is 0 Å². The van der Waals surface area contributed by atoms with E-state index in [4.69, 9.17) is 15.2 Å². The fraction of sp³-hybridized carbons (Fsp3) is 0.538. The van der Waals surface area contributed by atoms with Crippen LogP contribution in [0.4, 0.5) is 0 Å². The molecule has 2 aliphatic heterocycles. The van der Waals surface area contributed by atoms with E-state index in [0.717, 1.165) is 48.1 Å². The number of fused-ring (bicyclic) bond motifs is 2. The number of phenolic OH excluding ortho intramolecular Hbond substituents is 1. The highest BCUT2D eigenvalue weighted by molar-refractivity contribution is 5.63. The second-order valence-corrected chi connectivity index (χ2v) is 4.55. The van der Waals surface area contributed by atoms with Crippen molar-refractivity contribution in [1.29, 1.82) is 0 Å². The molecule has 2 heterocycles. The van der Waals surface area contributed by atoms with Gasteiger partial charge in [-0.1, -0.05) is 0 Å². The molecule has 0 aliphatic carbocycles. The predicted octanol–water partition coefficient (Wildman–Crippen LogP) is 1.50. The zero-order valence-corrected chi connectivity index (χ0v) is 9.79. The van der Waals surface area contributed by atoms with Gasteiger partial charge in [0.15, 0.2) is 11.5 Å². The van der Waals surface area contributed by atoms with E-state index in [2.05, 4.69) is 0 Å². The maximum absolute atomic E-state index is 10.3. The van der Waals surface area contributed by atoms with E-state index >= 15 is 0 Å². The molecule has 4 nitrogen and oxygen atoms in total. The Kier molecular flexibility index (Phi) is 2.59. The van der Waals surface area contributed by atoms with Gasteiger partial charge in [-0.3, -0.25) is 0 Å². The Bertz CT molecular complexity index is 419. The molecule has 4 heteroatoms. The molecule has 0 atom stereocenters. The molecular formula is C13H17NO3. The van der Waals surface area contributed by atoms with Crippen molar-refractivity contribution in [3.05, 3.63) is 16.7 Å². The van der Waals surface area contributed by atoms with Crippen molar-refractivity contribution < 1.29 is 14.6 Å². The summed E-state index contributed by atoms with van der Waals surface area (Å²) in [6.45, 7) is 1.82. The number of ether oxygens (including phenoxy) is 2. The molecule has 0 fully saturated rings. The molecule has 1 aromatic carbocycles. The lowest BCUT2D eigenvalue weighted by Gasteiger charge is -2.28. The monoisotopic (exact) mass is 235 g/mol. The maximum atomic E-state index is 10.3. The van der Waals surface area contributed by atoms with E-state index in [-0.39, 0.29) is 5.75 Å². The van der Waals surface area contributed by atoms with Crippen LogP contribution in [0.2, 0.25) is 0 Å². The molecule has 0 spiro atoms. The zero-order valence-electron chi connectivity index (χ0n) is 9.79. The van der Waals surface area contributed by atoms with E-state index in [1.165, 1.54) is 0 Å². The molecule has 92 valence electrons. The Balaban J connectivity index is 2.25. The molecule has 3 N–H and O–H groups in total. The van der Waals surface area contributed by atoms with Gasteiger partial charge < -0.3 is 20.3 Å². The number of hydrogen-bond acceptors (Lipinski definition) is 4. The summed E-state index contributed by atoms with van der Waals surface area (Å²) >= 11 is 0. The zero-order chi connectivity index (χ0) is 11.8. The Hall–Kier alpha value is -1.42. The third-order valence-electron chi connectivity index (χ3n) is 3.53. The van der Waals surface area contributed by atoms with Crippen LogP contribution in [0.5, 0.6) is 17.2 Å². The molecular weight excluding hydrogens is 218 g/mol. The van der Waals surface area contributed by atoms with Gasteiger partial charge in [-0.15, -0.1) is 0 Å². The normalized spacial score (nSPS) is 17.7. The summed E-state index contributed by atoms with van der Waals surface area (Å²) in [5.74, 6) is 1.72. The van der Waals surface area contributed by atoms with Gasteiger partial charge in [-0.2, -0.15) is 0 Å². The molecule has 0 bridgehead atoms. The minimum Gasteiger partial charge on any atom is -0.504 e. The lowest BCUT2D eigenvalue weighted by molar-refractivity contribution is 0.253. The summed E-state index contributed by atoms with van der Waals surface area (Å²) in [7, 11) is 0. The molecule has 0 amide bonds. The van der Waals surface area contributed by atoms with Crippen LogP contribution in [0.15, 0.2) is 0 Å². The van der Waals surface area contributed by atoms with Crippen LogP contribution < -0.4 is 15.2 Å². The standard InChI is InChI=1S/C13H17NO3/c14-7-10-8-3-1-6-17-13(8)11(15)9-4-2-5-16-12(9)10/h15H,1-7,14H2. The highest BCUT2D eigenvalue weighted by Gasteiger charge is 2.28. The van der Waals surface area contributed by atoms with E-state index < -0.39 is 0 Å². The fourth-order valence-corrected chi connectivity index (χ4v) is 2.73. The minimum atomic E-state index is 0.270. The van der Waals surface area contributed by atoms with E-state index in [1.807, 2.05) is 0 Å². The van der Waals surface area contributed by atoms with E-state index in [1.54, 1.807) is 0 Å². The van der Waals surface area contributed by atoms with E-state index in [9.17, 15) is 5.11 Å². The van der Waals surface area contributed by atoms with Crippen LogP contribution in [0.3, 0.4) is 0 Å². The van der Waals surface area contributed by atoms with Crippen molar-refractivity contribution in [1.82, 2.24) is 0 Å². The fourth-order valence-electron chi connectivity index (χ4n) is 2.73. The van der Waals surface area contributed by atoms with Gasteiger partial charge in [-0.05, 0) is 25.7 Å². The van der Waals surface area contributed by atoms with Gasteiger partial charge in [0, 0.05) is 23.2 Å². The molecule has 0 aromatic heterocycles. The maximum Gasteiger partial charge on any atom is 0.164 e. The molecule has 0 unspecified atom stereocenters. The largest absolute Gasteiger partial charge is 0.504 e. The SMILES string of the molecule is NCc1c2c(c(O)c3c1OCCC3)OCCC2. The average molecular weight is 235 g/mol. The van der Waals surface area contributed by atoms with Gasteiger partial charge in [-0.25, -0.2) is 0 Å². The number of rotatable bonds is 1. The van der Waals surface area contributed by atoms with Crippen LogP contribution in [-0.2, 0) is 19.4 Å². The lowest BCUT2D eigenvalue weighted by Crippen LogP contribution is -2.18. The quantitative estimate of drug-likeness (QED) is 0.774. The Morgan fingerprint density at radius 1 is 1.00 bits per heavy atom. The van der Waals surface area contributed by atoms with Gasteiger partial charge in [0.1, 0.15) is 5.75 Å². The summed E-state index contributed by atoms with van der Waals surface area (Å²) < 4.78 is 11.3. The van der Waals surface area contributed by atoms with Gasteiger partial charge >= 0.3 is 0 Å². The van der Waals surface area contributed by atoms with Crippen LogP contribution >= 0.6 is 0 Å². The van der Waals surface area contributed by atoms with Crippen LogP contribution in [0.25, 0.3) is 0 Å². The van der Waals surface area contributed by atoms with Crippen molar-refractivity contribution in [3.8, 4) is 17.2 Å². The summed E-state index contributed by atoms with van der Waals surface area (Å²) in [6.07, 6.45) is 3.65. The van der Waals surface area contributed by atoms with Crippen molar-refractivity contribution in [2.24, 2.45) is 5.73 Å². The van der Waals surface area contributed by atoms with Gasteiger partial charge in [0.05, 0.1) is 13.2 Å². The number of benzene rings is 1. The van der Waals surface area contributed by atoms with Crippen molar-refractivity contribution in [2.45, 2.75) is 32.2 Å². The van der Waals surface area contributed by atoms with Crippen molar-refractivity contribution >= 4 is 0 Å². The summed E-state index contributed by atoms with van der Waals surface area (Å²) in [5.41, 5.74) is 8.76. The number of aromatic hydroxyl groups is 1. The molecule has 17 heavy (non-hydrogen) atoms. The first kappa shape index (κ1) is 10.7. The highest BCUT2D eigenvalue weighted by Crippen LogP contribution is 2.47. The molecule has 2 aliphatic rings. The summed E-state index contributed by atoms with van der Waals surface area (Å²) in [4.78, 5) is 0. The molecule has 0 saturated heterocycles. The first-order valence-electron chi connectivity index (χ1n) is 6.18. The lowest BCUT2D eigenvalue weighted by atomic mass is 9.92. The molecule has 3 rings (SSSR count). The summed E-state index contributed by atoms with van der Waals surface area (Å²) in [6, 6.07) is 0. The second-order valence-electron chi connectivity index (χ2n) is 4.55. The smallest absolute Gasteiger partial charge is 0.164 e. The third kappa shape index (κ3) is 1.55. The Labute approximate surface area is 100 Å². The van der Waals surface area contributed by atoms with E-state index in [0.29, 0.717) is 25.5 Å². The topological polar surface area (TPSA) is 64.7 Å². The third-order valence-corrected chi connectivity index (χ3v) is 3.53. The molecule has 0 saturated carbocycles. The Morgan fingerprint density at radius 2 is 1.65 bits per heavy atom. The number of phenols is 1. The highest BCUT2D eigenvalue weighted by atomic mass is 16.5. The number of hydrogen-bond donors (Lipinski definition) is 2.